The third-order valence-electron chi connectivity index (χ3n) is 4.36. The van der Waals surface area contributed by atoms with E-state index in [4.69, 9.17) is 9.47 Å². The average Bonchev–Trinajstić information content (AvgIpc) is 2.73. The van der Waals surface area contributed by atoms with Gasteiger partial charge in [-0.1, -0.05) is 15.9 Å². The van der Waals surface area contributed by atoms with E-state index in [9.17, 15) is 14.4 Å². The Labute approximate surface area is 184 Å². The fourth-order valence-electron chi connectivity index (χ4n) is 2.57. The lowest BCUT2D eigenvalue weighted by Crippen LogP contribution is -2.22. The molecule has 0 unspecified atom stereocenters. The number of rotatable bonds is 9. The van der Waals surface area contributed by atoms with E-state index in [0.29, 0.717) is 23.7 Å². The molecule has 7 nitrogen and oxygen atoms in total. The largest absolute Gasteiger partial charge is 0.494 e. The summed E-state index contributed by atoms with van der Waals surface area (Å²) in [5.74, 6) is -0.657. The average molecular weight is 477 g/mol. The van der Waals surface area contributed by atoms with Crippen molar-refractivity contribution in [3.63, 3.8) is 0 Å². The number of ether oxygens (including phenoxy) is 2. The van der Waals surface area contributed by atoms with Crippen molar-refractivity contribution in [1.29, 1.82) is 0 Å². The van der Waals surface area contributed by atoms with Crippen molar-refractivity contribution in [2.45, 2.75) is 33.6 Å². The Kier molecular flexibility index (Phi) is 8.86. The van der Waals surface area contributed by atoms with Crippen molar-refractivity contribution >= 4 is 45.1 Å². The number of carbonyl (C=O) groups is 3. The predicted octanol–water partition coefficient (Wildman–Crippen LogP) is 4.37. The van der Waals surface area contributed by atoms with Gasteiger partial charge in [0, 0.05) is 22.3 Å². The molecule has 0 aromatic heterocycles. The highest BCUT2D eigenvalue weighted by Crippen LogP contribution is 2.25. The molecular formula is C22H25BrN2O5. The number of carbonyl (C=O) groups excluding carboxylic acids is 3. The van der Waals surface area contributed by atoms with Crippen LogP contribution in [0, 0.1) is 13.8 Å². The van der Waals surface area contributed by atoms with E-state index in [0.717, 1.165) is 15.6 Å². The quantitative estimate of drug-likeness (QED) is 0.524. The van der Waals surface area contributed by atoms with Crippen molar-refractivity contribution in [2.75, 3.05) is 23.8 Å². The first kappa shape index (κ1) is 23.4. The van der Waals surface area contributed by atoms with Gasteiger partial charge in [-0.25, -0.2) is 0 Å². The van der Waals surface area contributed by atoms with Gasteiger partial charge >= 0.3 is 5.97 Å². The molecule has 2 N–H and O–H groups in total. The molecule has 2 rings (SSSR count). The Morgan fingerprint density at radius 3 is 2.27 bits per heavy atom. The second kappa shape index (κ2) is 11.3. The number of benzene rings is 2. The van der Waals surface area contributed by atoms with E-state index in [1.54, 1.807) is 30.3 Å². The topological polar surface area (TPSA) is 93.7 Å². The summed E-state index contributed by atoms with van der Waals surface area (Å²) in [5.41, 5.74) is 3.21. The molecule has 0 spiro atoms. The summed E-state index contributed by atoms with van der Waals surface area (Å²) in [7, 11) is 0. The van der Waals surface area contributed by atoms with Crippen molar-refractivity contribution in [1.82, 2.24) is 0 Å². The zero-order valence-electron chi connectivity index (χ0n) is 17.2. The van der Waals surface area contributed by atoms with Crippen LogP contribution in [0.4, 0.5) is 11.4 Å². The molecule has 0 saturated heterocycles. The van der Waals surface area contributed by atoms with E-state index in [1.165, 1.54) is 0 Å². The lowest BCUT2D eigenvalue weighted by molar-refractivity contribution is -0.147. The van der Waals surface area contributed by atoms with Gasteiger partial charge in [-0.15, -0.1) is 0 Å². The maximum absolute atomic E-state index is 12.0. The van der Waals surface area contributed by atoms with Crippen LogP contribution >= 0.6 is 15.9 Å². The molecule has 0 fully saturated rings. The molecule has 2 aromatic carbocycles. The fourth-order valence-corrected chi connectivity index (χ4v) is 3.00. The number of hydrogen-bond acceptors (Lipinski definition) is 5. The number of halogens is 1. The summed E-state index contributed by atoms with van der Waals surface area (Å²) in [6, 6.07) is 10.6. The van der Waals surface area contributed by atoms with Gasteiger partial charge in [0.05, 0.1) is 13.0 Å². The van der Waals surface area contributed by atoms with Gasteiger partial charge in [-0.3, -0.25) is 14.4 Å². The van der Waals surface area contributed by atoms with E-state index in [2.05, 4.69) is 26.6 Å². The van der Waals surface area contributed by atoms with E-state index < -0.39 is 18.5 Å². The molecule has 0 saturated carbocycles. The maximum Gasteiger partial charge on any atom is 0.306 e. The highest BCUT2D eigenvalue weighted by atomic mass is 79.9. The number of anilines is 2. The van der Waals surface area contributed by atoms with E-state index in [-0.39, 0.29) is 18.7 Å². The molecule has 0 atom stereocenters. The van der Waals surface area contributed by atoms with Crippen molar-refractivity contribution in [3.8, 4) is 5.75 Å². The second-order valence-corrected chi connectivity index (χ2v) is 7.41. The molecule has 0 aliphatic heterocycles. The van der Waals surface area contributed by atoms with Crippen LogP contribution < -0.4 is 15.4 Å². The monoisotopic (exact) mass is 476 g/mol. The van der Waals surface area contributed by atoms with Gasteiger partial charge in [0.15, 0.2) is 6.61 Å². The summed E-state index contributed by atoms with van der Waals surface area (Å²) in [4.78, 5) is 35.8. The van der Waals surface area contributed by atoms with Crippen LogP contribution in [0.5, 0.6) is 5.75 Å². The molecule has 0 radical (unpaired) electrons. The Balaban J connectivity index is 1.72. The van der Waals surface area contributed by atoms with Gasteiger partial charge < -0.3 is 20.1 Å². The smallest absolute Gasteiger partial charge is 0.306 e. The zero-order valence-corrected chi connectivity index (χ0v) is 18.8. The normalized spacial score (nSPS) is 10.3. The first-order chi connectivity index (χ1) is 14.3. The lowest BCUT2D eigenvalue weighted by Gasteiger charge is -2.12. The van der Waals surface area contributed by atoms with Crippen LogP contribution in [0.25, 0.3) is 0 Å². The van der Waals surface area contributed by atoms with Gasteiger partial charge in [-0.05, 0) is 68.3 Å². The Hall–Kier alpha value is -2.87. The fraction of sp³-hybridized carbons (Fsp3) is 0.318. The summed E-state index contributed by atoms with van der Waals surface area (Å²) < 4.78 is 11.2. The standard InChI is InChI=1S/C22H25BrN2O5/c1-4-29-17-7-5-16(6-8-17)24-20(26)11-12-22(28)30-13-21(27)25-19-10-9-18(23)14(2)15(19)3/h5-10H,4,11-13H2,1-3H3,(H,24,26)(H,25,27). The molecule has 160 valence electrons. The highest BCUT2D eigenvalue weighted by molar-refractivity contribution is 9.10. The first-order valence-electron chi connectivity index (χ1n) is 9.54. The van der Waals surface area contributed by atoms with E-state index in [1.807, 2.05) is 26.8 Å². The molecule has 30 heavy (non-hydrogen) atoms. The molecule has 0 heterocycles. The van der Waals surface area contributed by atoms with Crippen molar-refractivity contribution < 1.29 is 23.9 Å². The predicted molar refractivity (Wildman–Crippen MR) is 119 cm³/mol. The van der Waals surface area contributed by atoms with Crippen LogP contribution in [-0.2, 0) is 19.1 Å². The Bertz CT molecular complexity index is 912. The van der Waals surface area contributed by atoms with Crippen LogP contribution in [-0.4, -0.2) is 31.0 Å². The Morgan fingerprint density at radius 2 is 1.60 bits per heavy atom. The minimum Gasteiger partial charge on any atom is -0.494 e. The van der Waals surface area contributed by atoms with Crippen LogP contribution in [0.2, 0.25) is 0 Å². The van der Waals surface area contributed by atoms with Gasteiger partial charge in [-0.2, -0.15) is 0 Å². The minimum absolute atomic E-state index is 0.0430. The van der Waals surface area contributed by atoms with Gasteiger partial charge in [0.1, 0.15) is 5.75 Å². The highest BCUT2D eigenvalue weighted by Gasteiger charge is 2.12. The maximum atomic E-state index is 12.0. The van der Waals surface area contributed by atoms with Crippen molar-refractivity contribution in [2.24, 2.45) is 0 Å². The number of hydrogen-bond donors (Lipinski definition) is 2. The molecular weight excluding hydrogens is 452 g/mol. The second-order valence-electron chi connectivity index (χ2n) is 6.56. The van der Waals surface area contributed by atoms with Gasteiger partial charge in [0.25, 0.3) is 5.91 Å². The number of nitrogens with one attached hydrogen (secondary N) is 2. The third-order valence-corrected chi connectivity index (χ3v) is 5.22. The summed E-state index contributed by atoms with van der Waals surface area (Å²) in [6.07, 6.45) is -0.161. The molecule has 2 aromatic rings. The summed E-state index contributed by atoms with van der Waals surface area (Å²) in [6.45, 7) is 5.88. The minimum atomic E-state index is -0.615. The molecule has 2 amide bonds. The molecule has 0 aliphatic carbocycles. The lowest BCUT2D eigenvalue weighted by atomic mass is 10.1. The molecule has 0 aliphatic rings. The number of esters is 1. The van der Waals surface area contributed by atoms with Crippen molar-refractivity contribution in [3.05, 3.63) is 52.0 Å². The Morgan fingerprint density at radius 1 is 0.900 bits per heavy atom. The SMILES string of the molecule is CCOc1ccc(NC(=O)CCC(=O)OCC(=O)Nc2ccc(Br)c(C)c2C)cc1. The molecule has 0 bridgehead atoms. The van der Waals surface area contributed by atoms with Crippen LogP contribution in [0.1, 0.15) is 30.9 Å². The first-order valence-corrected chi connectivity index (χ1v) is 10.3. The van der Waals surface area contributed by atoms with E-state index >= 15 is 0 Å². The van der Waals surface area contributed by atoms with Crippen LogP contribution in [0.3, 0.4) is 0 Å². The van der Waals surface area contributed by atoms with Gasteiger partial charge in [0.2, 0.25) is 5.91 Å². The van der Waals surface area contributed by atoms with Crippen LogP contribution in [0.15, 0.2) is 40.9 Å². The zero-order chi connectivity index (χ0) is 22.1. The summed E-state index contributed by atoms with van der Waals surface area (Å²) >= 11 is 3.43. The number of amides is 2. The summed E-state index contributed by atoms with van der Waals surface area (Å²) in [5, 5.41) is 5.41. The molecule has 8 heteroatoms. The third kappa shape index (κ3) is 7.18.